The first-order valence-electron chi connectivity index (χ1n) is 12.4. The first kappa shape index (κ1) is 24.6. The topological polar surface area (TPSA) is 88.6 Å². The summed E-state index contributed by atoms with van der Waals surface area (Å²) in [5.41, 5.74) is 3.93. The number of methoxy groups -OCH3 is 2. The monoisotopic (exact) mass is 529 g/mol. The van der Waals surface area contributed by atoms with Gasteiger partial charge in [0.25, 0.3) is 5.91 Å². The highest BCUT2D eigenvalue weighted by atomic mass is 19.1. The van der Waals surface area contributed by atoms with Crippen molar-refractivity contribution in [2.75, 3.05) is 31.4 Å². The Labute approximate surface area is 223 Å². The molecule has 1 aromatic heterocycles. The zero-order valence-electron chi connectivity index (χ0n) is 21.3. The number of hydrogen-bond donors (Lipinski definition) is 2. The summed E-state index contributed by atoms with van der Waals surface area (Å²) in [6.45, 7) is 1.21. The second kappa shape index (κ2) is 9.86. The summed E-state index contributed by atoms with van der Waals surface area (Å²) >= 11 is 0. The maximum absolute atomic E-state index is 14.7. The van der Waals surface area contributed by atoms with Gasteiger partial charge in [-0.15, -0.1) is 0 Å². The first-order valence-corrected chi connectivity index (χ1v) is 12.4. The third kappa shape index (κ3) is 4.47. The second-order valence-electron chi connectivity index (χ2n) is 9.33. The van der Waals surface area contributed by atoms with Crippen molar-refractivity contribution in [2.45, 2.75) is 19.5 Å². The number of nitrogens with zero attached hydrogens (tertiary/aromatic N) is 3. The lowest BCUT2D eigenvalue weighted by atomic mass is 10.1. The van der Waals surface area contributed by atoms with Crippen LogP contribution in [0.2, 0.25) is 0 Å². The van der Waals surface area contributed by atoms with E-state index in [1.165, 1.54) is 11.6 Å². The quantitative estimate of drug-likeness (QED) is 0.336. The van der Waals surface area contributed by atoms with Gasteiger partial charge in [-0.3, -0.25) is 4.79 Å². The van der Waals surface area contributed by atoms with Gasteiger partial charge in [0.15, 0.2) is 5.82 Å². The molecule has 10 heteroatoms. The molecule has 2 aliphatic rings. The largest absolute Gasteiger partial charge is 0.497 e. The van der Waals surface area contributed by atoms with Crippen LogP contribution in [0.15, 0.2) is 54.6 Å². The molecule has 198 valence electrons. The number of ether oxygens (including phenoxy) is 2. The average Bonchev–Trinajstić information content (AvgIpc) is 3.52. The second-order valence-corrected chi connectivity index (χ2v) is 9.33. The minimum Gasteiger partial charge on any atom is -0.497 e. The van der Waals surface area contributed by atoms with Crippen LogP contribution in [0.25, 0.3) is 11.4 Å². The number of benzene rings is 3. The van der Waals surface area contributed by atoms with E-state index >= 15 is 0 Å². The highest BCUT2D eigenvalue weighted by Gasteiger charge is 2.34. The highest BCUT2D eigenvalue weighted by Crippen LogP contribution is 2.36. The van der Waals surface area contributed by atoms with Gasteiger partial charge in [0, 0.05) is 29.5 Å². The van der Waals surface area contributed by atoms with E-state index < -0.39 is 11.6 Å². The van der Waals surface area contributed by atoms with E-state index in [2.05, 4.69) is 20.6 Å². The normalized spacial score (nSPS) is 13.6. The van der Waals surface area contributed by atoms with Crippen molar-refractivity contribution in [3.8, 4) is 22.9 Å². The van der Waals surface area contributed by atoms with E-state index in [0.29, 0.717) is 22.9 Å². The van der Waals surface area contributed by atoms with Crippen LogP contribution < -0.4 is 20.1 Å². The Morgan fingerprint density at radius 1 is 1.00 bits per heavy atom. The molecule has 0 unspecified atom stereocenters. The van der Waals surface area contributed by atoms with Gasteiger partial charge in [-0.25, -0.2) is 18.7 Å². The number of anilines is 3. The van der Waals surface area contributed by atoms with Crippen LogP contribution in [-0.2, 0) is 19.5 Å². The Bertz CT molecular complexity index is 1590. The van der Waals surface area contributed by atoms with Gasteiger partial charge in [-0.05, 0) is 48.4 Å². The van der Waals surface area contributed by atoms with Gasteiger partial charge in [-0.1, -0.05) is 12.1 Å². The molecule has 1 amide bonds. The highest BCUT2D eigenvalue weighted by molar-refractivity contribution is 6.03. The van der Waals surface area contributed by atoms with Crippen LogP contribution in [0.1, 0.15) is 27.2 Å². The molecular weight excluding hydrogens is 504 g/mol. The fraction of sp³-hybridized carbons (Fsp3) is 0.207. The number of carbonyl (C=O) groups excluding carboxylic acids is 1. The zero-order chi connectivity index (χ0) is 27.1. The van der Waals surface area contributed by atoms with Crippen molar-refractivity contribution in [3.63, 3.8) is 0 Å². The Kier molecular flexibility index (Phi) is 6.22. The molecule has 0 radical (unpaired) electrons. The fourth-order valence-corrected chi connectivity index (χ4v) is 4.99. The van der Waals surface area contributed by atoms with Crippen molar-refractivity contribution in [1.29, 1.82) is 0 Å². The van der Waals surface area contributed by atoms with Gasteiger partial charge < -0.3 is 25.0 Å². The minimum atomic E-state index is -0.785. The third-order valence-electron chi connectivity index (χ3n) is 6.95. The molecule has 2 N–H and O–H groups in total. The summed E-state index contributed by atoms with van der Waals surface area (Å²) in [7, 11) is 3.11. The van der Waals surface area contributed by atoms with Crippen molar-refractivity contribution < 1.29 is 23.0 Å². The van der Waals surface area contributed by atoms with E-state index in [1.807, 2.05) is 24.3 Å². The van der Waals surface area contributed by atoms with Gasteiger partial charge in [0.1, 0.15) is 34.5 Å². The minimum absolute atomic E-state index is 0.134. The molecule has 3 aromatic carbocycles. The molecule has 0 atom stereocenters. The maximum atomic E-state index is 14.7. The maximum Gasteiger partial charge on any atom is 0.260 e. The predicted octanol–water partition coefficient (Wildman–Crippen LogP) is 5.31. The molecule has 3 heterocycles. The Balaban J connectivity index is 1.41. The van der Waals surface area contributed by atoms with E-state index in [9.17, 15) is 13.6 Å². The molecular formula is C29H25F2N5O3. The van der Waals surface area contributed by atoms with E-state index in [0.717, 1.165) is 36.3 Å². The number of hydrogen-bond acceptors (Lipinski definition) is 7. The third-order valence-corrected chi connectivity index (χ3v) is 6.95. The smallest absolute Gasteiger partial charge is 0.260 e. The number of rotatable bonds is 7. The van der Waals surface area contributed by atoms with Crippen LogP contribution in [0.4, 0.5) is 26.0 Å². The number of amides is 1. The predicted molar refractivity (Wildman–Crippen MR) is 142 cm³/mol. The Morgan fingerprint density at radius 3 is 2.59 bits per heavy atom. The fourth-order valence-electron chi connectivity index (χ4n) is 4.99. The Hall–Kier alpha value is -4.73. The zero-order valence-corrected chi connectivity index (χ0v) is 21.3. The summed E-state index contributed by atoms with van der Waals surface area (Å²) in [5.74, 6) is -0.622. The molecule has 0 bridgehead atoms. The first-order chi connectivity index (χ1) is 18.9. The van der Waals surface area contributed by atoms with Crippen LogP contribution in [-0.4, -0.2) is 41.5 Å². The van der Waals surface area contributed by atoms with Gasteiger partial charge in [-0.2, -0.15) is 0 Å². The molecule has 0 saturated heterocycles. The summed E-state index contributed by atoms with van der Waals surface area (Å²) in [5, 5.41) is 6.54. The molecule has 0 saturated carbocycles. The molecule has 4 aromatic rings. The van der Waals surface area contributed by atoms with Crippen LogP contribution in [0.3, 0.4) is 0 Å². The number of fused-ring (bicyclic) bond motifs is 2. The van der Waals surface area contributed by atoms with Crippen LogP contribution in [0.5, 0.6) is 11.5 Å². The van der Waals surface area contributed by atoms with Crippen molar-refractivity contribution in [3.05, 3.63) is 88.6 Å². The molecule has 2 aliphatic heterocycles. The number of carbonyl (C=O) groups is 1. The lowest BCUT2D eigenvalue weighted by Crippen LogP contribution is -2.24. The number of nitrogens with one attached hydrogen (secondary N) is 2. The lowest BCUT2D eigenvalue weighted by Gasteiger charge is -2.18. The lowest BCUT2D eigenvalue weighted by molar-refractivity contribution is 0.0766. The van der Waals surface area contributed by atoms with E-state index in [1.54, 1.807) is 31.3 Å². The molecule has 0 fully saturated rings. The standard InChI is InChI=1S/C29H25F2N5O3/c1-38-19-9-7-17(24(13-19)39-2)14-36-15-23-26(29(36)37)28(33-18-8-6-16-10-11-32-22(16)12-18)35-27(34-23)25-20(30)4-3-5-21(25)31/h3-9,12-13,32H,10-11,14-15H2,1-2H3,(H,33,34,35). The summed E-state index contributed by atoms with van der Waals surface area (Å²) in [4.78, 5) is 24.2. The summed E-state index contributed by atoms with van der Waals surface area (Å²) in [6, 6.07) is 14.8. The van der Waals surface area contributed by atoms with Gasteiger partial charge in [0.2, 0.25) is 0 Å². The molecule has 6 rings (SSSR count). The summed E-state index contributed by atoms with van der Waals surface area (Å²) < 4.78 is 40.2. The van der Waals surface area contributed by atoms with Crippen molar-refractivity contribution >= 4 is 23.1 Å². The number of aromatic nitrogens is 2. The molecule has 0 aliphatic carbocycles. The van der Waals surface area contributed by atoms with Crippen molar-refractivity contribution in [2.24, 2.45) is 0 Å². The average molecular weight is 530 g/mol. The molecule has 8 nitrogen and oxygen atoms in total. The van der Waals surface area contributed by atoms with Crippen LogP contribution in [0, 0.1) is 11.6 Å². The summed E-state index contributed by atoms with van der Waals surface area (Å²) in [6.07, 6.45) is 0.928. The van der Waals surface area contributed by atoms with Gasteiger partial charge in [0.05, 0.1) is 38.6 Å². The number of halogens is 2. The molecule has 0 spiro atoms. The Morgan fingerprint density at radius 2 is 1.82 bits per heavy atom. The van der Waals surface area contributed by atoms with E-state index in [4.69, 9.17) is 9.47 Å². The van der Waals surface area contributed by atoms with E-state index in [-0.39, 0.29) is 41.8 Å². The molecule has 39 heavy (non-hydrogen) atoms. The SMILES string of the molecule is COc1ccc(CN2Cc3nc(-c4c(F)cccc4F)nc(Nc4ccc5c(c4)NCC5)c3C2=O)c(OC)c1. The van der Waals surface area contributed by atoms with Crippen molar-refractivity contribution in [1.82, 2.24) is 14.9 Å². The van der Waals surface area contributed by atoms with Gasteiger partial charge >= 0.3 is 0 Å². The van der Waals surface area contributed by atoms with Crippen LogP contribution >= 0.6 is 0 Å².